The number of carboxylic acid groups (broad SMARTS) is 1. The van der Waals surface area contributed by atoms with Gasteiger partial charge in [0.1, 0.15) is 11.5 Å². The summed E-state index contributed by atoms with van der Waals surface area (Å²) in [7, 11) is 3.32. The summed E-state index contributed by atoms with van der Waals surface area (Å²) < 4.78 is 11.0. The number of benzene rings is 1. The van der Waals surface area contributed by atoms with E-state index in [1.807, 2.05) is 6.07 Å². The predicted molar refractivity (Wildman–Crippen MR) is 72.1 cm³/mol. The Morgan fingerprint density at radius 1 is 1.21 bits per heavy atom. The molecule has 0 radical (unpaired) electrons. The molecule has 0 aliphatic heterocycles. The molecule has 1 N–H and O–H groups in total. The largest absolute Gasteiger partial charge is 0.496 e. The average molecular weight is 264 g/mol. The highest BCUT2D eigenvalue weighted by molar-refractivity contribution is 5.67. The highest BCUT2D eigenvalue weighted by Gasteiger charge is 2.22. The Kier molecular flexibility index (Phi) is 4.30. The van der Waals surface area contributed by atoms with Crippen molar-refractivity contribution in [3.63, 3.8) is 0 Å². The molecule has 0 bridgehead atoms. The number of ether oxygens (including phenoxy) is 2. The van der Waals surface area contributed by atoms with Crippen LogP contribution >= 0.6 is 0 Å². The number of aliphatic carboxylic acids is 1. The first-order valence-corrected chi connectivity index (χ1v) is 6.64. The third-order valence-corrected chi connectivity index (χ3v) is 3.67. The van der Waals surface area contributed by atoms with Gasteiger partial charge in [-0.05, 0) is 43.7 Å². The summed E-state index contributed by atoms with van der Waals surface area (Å²) in [4.78, 5) is 10.7. The summed E-state index contributed by atoms with van der Waals surface area (Å²) in [5.74, 6) is 0.936. The minimum absolute atomic E-state index is 0.109. The van der Waals surface area contributed by atoms with Gasteiger partial charge in [-0.1, -0.05) is 0 Å². The van der Waals surface area contributed by atoms with Crippen LogP contribution in [0.1, 0.15) is 36.0 Å². The van der Waals surface area contributed by atoms with Gasteiger partial charge in [-0.25, -0.2) is 0 Å². The molecule has 0 aromatic heterocycles. The van der Waals surface area contributed by atoms with Gasteiger partial charge in [0.05, 0.1) is 14.2 Å². The van der Waals surface area contributed by atoms with Gasteiger partial charge in [-0.2, -0.15) is 0 Å². The third kappa shape index (κ3) is 2.83. The van der Waals surface area contributed by atoms with E-state index in [0.717, 1.165) is 36.3 Å². The van der Waals surface area contributed by atoms with Crippen LogP contribution in [0.2, 0.25) is 0 Å². The zero-order valence-corrected chi connectivity index (χ0v) is 11.5. The maximum absolute atomic E-state index is 10.7. The zero-order valence-electron chi connectivity index (χ0n) is 11.5. The standard InChI is InChI=1S/C15H20O4/c1-18-13-9-10(7-8-14(16)17)15(19-2)12-6-4-3-5-11(12)13/h9H,3-8H2,1-2H3,(H,16,17). The molecule has 0 saturated heterocycles. The monoisotopic (exact) mass is 264 g/mol. The smallest absolute Gasteiger partial charge is 0.303 e. The van der Waals surface area contributed by atoms with Crippen LogP contribution in [0.25, 0.3) is 0 Å². The van der Waals surface area contributed by atoms with Crippen LogP contribution < -0.4 is 9.47 Å². The van der Waals surface area contributed by atoms with Gasteiger partial charge in [-0.15, -0.1) is 0 Å². The van der Waals surface area contributed by atoms with E-state index in [2.05, 4.69) is 0 Å². The van der Waals surface area contributed by atoms with E-state index in [0.29, 0.717) is 6.42 Å². The van der Waals surface area contributed by atoms with Gasteiger partial charge in [0.15, 0.2) is 0 Å². The fourth-order valence-corrected chi connectivity index (χ4v) is 2.80. The SMILES string of the molecule is COc1cc(CCC(=O)O)c(OC)c2c1CCCC2. The number of aryl methyl sites for hydroxylation is 1. The van der Waals surface area contributed by atoms with Crippen molar-refractivity contribution < 1.29 is 19.4 Å². The van der Waals surface area contributed by atoms with Gasteiger partial charge in [-0.3, -0.25) is 4.79 Å². The molecule has 4 heteroatoms. The number of methoxy groups -OCH3 is 2. The molecule has 0 spiro atoms. The summed E-state index contributed by atoms with van der Waals surface area (Å²) in [5.41, 5.74) is 3.36. The topological polar surface area (TPSA) is 55.8 Å². The van der Waals surface area contributed by atoms with Crippen LogP contribution in [0.4, 0.5) is 0 Å². The molecule has 0 heterocycles. The Balaban J connectivity index is 2.44. The summed E-state index contributed by atoms with van der Waals surface area (Å²) in [6, 6.07) is 1.94. The van der Waals surface area contributed by atoms with Crippen molar-refractivity contribution in [2.24, 2.45) is 0 Å². The zero-order chi connectivity index (χ0) is 13.8. The number of carboxylic acids is 1. The van der Waals surface area contributed by atoms with Crippen LogP contribution in [0, 0.1) is 0 Å². The van der Waals surface area contributed by atoms with Gasteiger partial charge in [0.2, 0.25) is 0 Å². The first-order chi connectivity index (χ1) is 9.17. The molecule has 0 fully saturated rings. The normalized spacial score (nSPS) is 13.8. The second-order valence-electron chi connectivity index (χ2n) is 4.83. The quantitative estimate of drug-likeness (QED) is 0.888. The van der Waals surface area contributed by atoms with E-state index in [4.69, 9.17) is 14.6 Å². The maximum Gasteiger partial charge on any atom is 0.303 e. The molecule has 0 saturated carbocycles. The van der Waals surface area contributed by atoms with Crippen molar-refractivity contribution in [2.75, 3.05) is 14.2 Å². The second-order valence-corrected chi connectivity index (χ2v) is 4.83. The predicted octanol–water partition coefficient (Wildman–Crippen LogP) is 2.60. The Hall–Kier alpha value is -1.71. The Labute approximate surface area is 113 Å². The van der Waals surface area contributed by atoms with Crippen molar-refractivity contribution in [1.29, 1.82) is 0 Å². The first-order valence-electron chi connectivity index (χ1n) is 6.64. The van der Waals surface area contributed by atoms with Gasteiger partial charge in [0, 0.05) is 17.5 Å². The van der Waals surface area contributed by atoms with Crippen LogP contribution in [-0.4, -0.2) is 25.3 Å². The van der Waals surface area contributed by atoms with Crippen molar-refractivity contribution in [3.8, 4) is 11.5 Å². The van der Waals surface area contributed by atoms with Crippen molar-refractivity contribution in [3.05, 3.63) is 22.8 Å². The van der Waals surface area contributed by atoms with E-state index in [9.17, 15) is 4.79 Å². The van der Waals surface area contributed by atoms with Crippen molar-refractivity contribution in [1.82, 2.24) is 0 Å². The lowest BCUT2D eigenvalue weighted by Gasteiger charge is -2.23. The molecule has 2 rings (SSSR count). The average Bonchev–Trinajstić information content (AvgIpc) is 2.43. The van der Waals surface area contributed by atoms with Crippen LogP contribution in [0.15, 0.2) is 6.07 Å². The lowest BCUT2D eigenvalue weighted by atomic mass is 9.87. The summed E-state index contributed by atoms with van der Waals surface area (Å²) >= 11 is 0. The highest BCUT2D eigenvalue weighted by Crippen LogP contribution is 2.39. The van der Waals surface area contributed by atoms with E-state index in [-0.39, 0.29) is 6.42 Å². The molecule has 0 unspecified atom stereocenters. The Bertz CT molecular complexity index is 480. The number of rotatable bonds is 5. The van der Waals surface area contributed by atoms with Crippen molar-refractivity contribution >= 4 is 5.97 Å². The van der Waals surface area contributed by atoms with E-state index >= 15 is 0 Å². The first kappa shape index (κ1) is 13.7. The Morgan fingerprint density at radius 3 is 2.47 bits per heavy atom. The third-order valence-electron chi connectivity index (χ3n) is 3.67. The molecule has 1 aliphatic carbocycles. The maximum atomic E-state index is 10.7. The molecule has 104 valence electrons. The van der Waals surface area contributed by atoms with Gasteiger partial charge in [0.25, 0.3) is 0 Å². The number of carbonyl (C=O) groups is 1. The van der Waals surface area contributed by atoms with Crippen LogP contribution in [0.5, 0.6) is 11.5 Å². The molecule has 1 aromatic rings. The molecule has 0 atom stereocenters. The number of hydrogen-bond acceptors (Lipinski definition) is 3. The van der Waals surface area contributed by atoms with Crippen LogP contribution in [-0.2, 0) is 24.1 Å². The van der Waals surface area contributed by atoms with Crippen molar-refractivity contribution in [2.45, 2.75) is 38.5 Å². The Morgan fingerprint density at radius 2 is 1.89 bits per heavy atom. The lowest BCUT2D eigenvalue weighted by molar-refractivity contribution is -0.136. The van der Waals surface area contributed by atoms with E-state index in [1.54, 1.807) is 14.2 Å². The molecular weight excluding hydrogens is 244 g/mol. The molecule has 4 nitrogen and oxygen atoms in total. The summed E-state index contributed by atoms with van der Waals surface area (Å²) in [6.07, 6.45) is 4.89. The second kappa shape index (κ2) is 5.95. The van der Waals surface area contributed by atoms with E-state index in [1.165, 1.54) is 17.5 Å². The number of hydrogen-bond donors (Lipinski definition) is 1. The fraction of sp³-hybridized carbons (Fsp3) is 0.533. The molecule has 0 amide bonds. The van der Waals surface area contributed by atoms with E-state index < -0.39 is 5.97 Å². The lowest BCUT2D eigenvalue weighted by Crippen LogP contribution is -2.10. The summed E-state index contributed by atoms with van der Waals surface area (Å²) in [5, 5.41) is 8.83. The summed E-state index contributed by atoms with van der Waals surface area (Å²) in [6.45, 7) is 0. The fourth-order valence-electron chi connectivity index (χ4n) is 2.80. The van der Waals surface area contributed by atoms with Crippen LogP contribution in [0.3, 0.4) is 0 Å². The van der Waals surface area contributed by atoms with Gasteiger partial charge >= 0.3 is 5.97 Å². The highest BCUT2D eigenvalue weighted by atomic mass is 16.5. The molecule has 1 aromatic carbocycles. The minimum atomic E-state index is -0.793. The number of fused-ring (bicyclic) bond motifs is 1. The molecule has 19 heavy (non-hydrogen) atoms. The minimum Gasteiger partial charge on any atom is -0.496 e. The van der Waals surface area contributed by atoms with Gasteiger partial charge < -0.3 is 14.6 Å². The molecule has 1 aliphatic rings. The molecular formula is C15H20O4.